The van der Waals surface area contributed by atoms with Crippen molar-refractivity contribution in [2.75, 3.05) is 17.7 Å². The second kappa shape index (κ2) is 11.4. The maximum atomic E-state index is 13.8. The van der Waals surface area contributed by atoms with Crippen molar-refractivity contribution in [2.45, 2.75) is 96.4 Å². The van der Waals surface area contributed by atoms with E-state index < -0.39 is 6.04 Å². The van der Waals surface area contributed by atoms with Gasteiger partial charge in [-0.25, -0.2) is 9.59 Å². The summed E-state index contributed by atoms with van der Waals surface area (Å²) in [5, 5.41) is 3.29. The Balaban J connectivity index is 1.91. The van der Waals surface area contributed by atoms with Crippen molar-refractivity contribution in [1.82, 2.24) is 4.90 Å². The summed E-state index contributed by atoms with van der Waals surface area (Å²) in [4.78, 5) is 28.5. The molecule has 2 amide bonds. The van der Waals surface area contributed by atoms with Crippen LogP contribution in [0, 0.1) is 5.92 Å². The maximum Gasteiger partial charge on any atom is 0.329 e. The van der Waals surface area contributed by atoms with Crippen LogP contribution in [-0.2, 0) is 9.53 Å². The van der Waals surface area contributed by atoms with Crippen LogP contribution in [0.3, 0.4) is 0 Å². The van der Waals surface area contributed by atoms with Gasteiger partial charge in [-0.2, -0.15) is 0 Å². The third-order valence-electron chi connectivity index (χ3n) is 6.65. The molecule has 0 aromatic heterocycles. The van der Waals surface area contributed by atoms with Crippen molar-refractivity contribution in [3.63, 3.8) is 0 Å². The van der Waals surface area contributed by atoms with Gasteiger partial charge in [-0.3, -0.25) is 4.90 Å². The van der Waals surface area contributed by atoms with Crippen LogP contribution in [0.4, 0.5) is 10.5 Å². The number of carbonyl (C=O) groups excluding carboxylic acids is 2. The number of benzene rings is 1. The summed E-state index contributed by atoms with van der Waals surface area (Å²) in [6.45, 7) is 11.0. The van der Waals surface area contributed by atoms with Gasteiger partial charge in [0.2, 0.25) is 0 Å². The molecule has 2 aliphatic rings. The molecule has 1 aliphatic heterocycles. The Bertz CT molecular complexity index is 763. The Labute approximate surface area is 198 Å². The Morgan fingerprint density at radius 1 is 1.09 bits per heavy atom. The Kier molecular flexibility index (Phi) is 8.92. The smallest absolute Gasteiger partial charge is 0.329 e. The van der Waals surface area contributed by atoms with Crippen molar-refractivity contribution in [1.29, 1.82) is 0 Å². The van der Waals surface area contributed by atoms with Crippen LogP contribution in [0.15, 0.2) is 18.2 Å². The highest BCUT2D eigenvalue weighted by atomic mass is 32.2. The summed E-state index contributed by atoms with van der Waals surface area (Å²) >= 11 is 1.75. The predicted octanol–water partition coefficient (Wildman–Crippen LogP) is 6.74. The molecule has 32 heavy (non-hydrogen) atoms. The molecule has 1 aliphatic carbocycles. The van der Waals surface area contributed by atoms with Crippen molar-refractivity contribution < 1.29 is 14.3 Å². The highest BCUT2D eigenvalue weighted by molar-refractivity contribution is 8.00. The monoisotopic (exact) mass is 460 g/mol. The maximum absolute atomic E-state index is 13.8. The number of thioether (sulfide) groups is 1. The topological polar surface area (TPSA) is 58.6 Å². The van der Waals surface area contributed by atoms with Gasteiger partial charge in [0.1, 0.15) is 6.04 Å². The Morgan fingerprint density at radius 3 is 2.28 bits per heavy atom. The van der Waals surface area contributed by atoms with E-state index in [0.29, 0.717) is 18.3 Å². The molecule has 178 valence electrons. The molecule has 2 fully saturated rings. The molecule has 2 unspecified atom stereocenters. The van der Waals surface area contributed by atoms with Gasteiger partial charge in [0.25, 0.3) is 0 Å². The highest BCUT2D eigenvalue weighted by Crippen LogP contribution is 2.41. The van der Waals surface area contributed by atoms with Gasteiger partial charge in [-0.05, 0) is 48.1 Å². The molecule has 2 atom stereocenters. The molecule has 1 heterocycles. The molecule has 1 saturated heterocycles. The van der Waals surface area contributed by atoms with Crippen LogP contribution in [0.2, 0.25) is 0 Å². The average molecular weight is 461 g/mol. The summed E-state index contributed by atoms with van der Waals surface area (Å²) in [6.07, 6.45) is 6.70. The summed E-state index contributed by atoms with van der Waals surface area (Å²) < 4.78 is 5.49. The molecule has 0 spiro atoms. The van der Waals surface area contributed by atoms with Gasteiger partial charge in [0.05, 0.1) is 12.0 Å². The number of amides is 2. The zero-order chi connectivity index (χ0) is 23.3. The minimum atomic E-state index is -0.521. The molecule has 1 aromatic carbocycles. The number of rotatable bonds is 7. The SMILES string of the molecule is CCCOC(=O)C1CSC(C2CCCCC2)N1C(=O)Nc1c(C(C)C)cccc1C(C)C. The molecule has 5 nitrogen and oxygen atoms in total. The van der Waals surface area contributed by atoms with Gasteiger partial charge < -0.3 is 10.1 Å². The first-order valence-electron chi connectivity index (χ1n) is 12.4. The van der Waals surface area contributed by atoms with Gasteiger partial charge in [-0.1, -0.05) is 72.1 Å². The van der Waals surface area contributed by atoms with Gasteiger partial charge in [0, 0.05) is 11.4 Å². The molecule has 0 bridgehead atoms. The first-order chi connectivity index (χ1) is 15.3. The minimum absolute atomic E-state index is 0.0307. The van der Waals surface area contributed by atoms with E-state index in [1.54, 1.807) is 11.8 Å². The molecule has 1 aromatic rings. The van der Waals surface area contributed by atoms with Crippen LogP contribution in [0.5, 0.6) is 0 Å². The molecule has 1 N–H and O–H groups in total. The minimum Gasteiger partial charge on any atom is -0.464 e. The van der Waals surface area contributed by atoms with Crippen LogP contribution >= 0.6 is 11.8 Å². The van der Waals surface area contributed by atoms with Crippen LogP contribution in [0.25, 0.3) is 0 Å². The van der Waals surface area contributed by atoms with Crippen LogP contribution in [-0.4, -0.2) is 40.7 Å². The van der Waals surface area contributed by atoms with Crippen LogP contribution < -0.4 is 5.32 Å². The lowest BCUT2D eigenvalue weighted by molar-refractivity contribution is -0.148. The van der Waals surface area contributed by atoms with Gasteiger partial charge in [0.15, 0.2) is 0 Å². The van der Waals surface area contributed by atoms with Crippen molar-refractivity contribution >= 4 is 29.4 Å². The number of anilines is 1. The average Bonchev–Trinajstić information content (AvgIpc) is 3.23. The first kappa shape index (κ1) is 24.9. The Morgan fingerprint density at radius 2 is 1.72 bits per heavy atom. The lowest BCUT2D eigenvalue weighted by Crippen LogP contribution is -2.50. The molecular weight excluding hydrogens is 420 g/mol. The Hall–Kier alpha value is -1.69. The van der Waals surface area contributed by atoms with E-state index in [2.05, 4.69) is 51.2 Å². The predicted molar refractivity (Wildman–Crippen MR) is 133 cm³/mol. The van der Waals surface area contributed by atoms with E-state index in [1.165, 1.54) is 19.3 Å². The number of para-hydroxylation sites is 1. The molecule has 6 heteroatoms. The zero-order valence-electron chi connectivity index (χ0n) is 20.4. The first-order valence-corrected chi connectivity index (χ1v) is 13.4. The lowest BCUT2D eigenvalue weighted by Gasteiger charge is -2.35. The summed E-state index contributed by atoms with van der Waals surface area (Å²) in [7, 11) is 0. The van der Waals surface area contributed by atoms with E-state index in [4.69, 9.17) is 4.74 Å². The number of nitrogens with one attached hydrogen (secondary N) is 1. The van der Waals surface area contributed by atoms with E-state index in [0.717, 1.165) is 36.1 Å². The fraction of sp³-hybridized carbons (Fsp3) is 0.692. The summed E-state index contributed by atoms with van der Waals surface area (Å²) in [6, 6.07) is 5.57. The number of carbonyl (C=O) groups is 2. The van der Waals surface area contributed by atoms with Crippen molar-refractivity contribution in [3.8, 4) is 0 Å². The summed E-state index contributed by atoms with van der Waals surface area (Å²) in [5.74, 6) is 1.36. The summed E-state index contributed by atoms with van der Waals surface area (Å²) in [5.41, 5.74) is 3.17. The molecule has 0 radical (unpaired) electrons. The standard InChI is InChI=1S/C26H40N2O3S/c1-6-15-31-25(29)22-16-32-24(19-11-8-7-9-12-19)28(22)26(30)27-23-20(17(2)3)13-10-14-21(23)18(4)5/h10,13-14,17-19,22,24H,6-9,11-12,15-16H2,1-5H3,(H,27,30). The highest BCUT2D eigenvalue weighted by Gasteiger charge is 2.46. The lowest BCUT2D eigenvalue weighted by atomic mass is 9.88. The van der Waals surface area contributed by atoms with Crippen molar-refractivity contribution in [2.24, 2.45) is 5.92 Å². The fourth-order valence-electron chi connectivity index (χ4n) is 4.91. The fourth-order valence-corrected chi connectivity index (χ4v) is 6.54. The number of hydrogen-bond acceptors (Lipinski definition) is 4. The molecule has 3 rings (SSSR count). The van der Waals surface area contributed by atoms with E-state index in [9.17, 15) is 9.59 Å². The second-order valence-corrected chi connectivity index (χ2v) is 10.9. The molecule has 1 saturated carbocycles. The van der Waals surface area contributed by atoms with E-state index in [1.807, 2.05) is 11.8 Å². The number of hydrogen-bond donors (Lipinski definition) is 1. The van der Waals surface area contributed by atoms with Crippen molar-refractivity contribution in [3.05, 3.63) is 29.3 Å². The number of nitrogens with zero attached hydrogens (tertiary/aromatic N) is 1. The zero-order valence-corrected chi connectivity index (χ0v) is 21.2. The normalized spacial score (nSPS) is 21.9. The van der Waals surface area contributed by atoms with Crippen LogP contribution in [0.1, 0.15) is 96.1 Å². The largest absolute Gasteiger partial charge is 0.464 e. The van der Waals surface area contributed by atoms with E-state index >= 15 is 0 Å². The quantitative estimate of drug-likeness (QED) is 0.458. The van der Waals surface area contributed by atoms with Gasteiger partial charge >= 0.3 is 12.0 Å². The number of urea groups is 1. The second-order valence-electron chi connectivity index (χ2n) is 9.76. The third kappa shape index (κ3) is 5.62. The number of ether oxygens (including phenoxy) is 1. The molecular formula is C26H40N2O3S. The van der Waals surface area contributed by atoms with E-state index in [-0.39, 0.29) is 29.2 Å². The third-order valence-corrected chi connectivity index (χ3v) is 8.11. The van der Waals surface area contributed by atoms with Gasteiger partial charge in [-0.15, -0.1) is 11.8 Å². The number of esters is 1.